The number of esters is 1. The Hall–Kier alpha value is -0.570. The third-order valence-electron chi connectivity index (χ3n) is 1.23. The molecular weight excluding hydrogens is 142 g/mol. The molecule has 3 nitrogen and oxygen atoms in total. The van der Waals surface area contributed by atoms with E-state index in [0.717, 1.165) is 25.9 Å². The zero-order valence-electron chi connectivity index (χ0n) is 7.35. The molecule has 0 unspecified atom stereocenters. The predicted octanol–water partition coefficient (Wildman–Crippen LogP) is 0.939. The van der Waals surface area contributed by atoms with Gasteiger partial charge in [-0.05, 0) is 25.9 Å². The molecule has 3 heteroatoms. The normalized spacial score (nSPS) is 9.64. The van der Waals surface area contributed by atoms with Crippen molar-refractivity contribution in [1.29, 1.82) is 0 Å². The highest BCUT2D eigenvalue weighted by Gasteiger charge is 1.91. The molecule has 0 aromatic rings. The van der Waals surface area contributed by atoms with Gasteiger partial charge in [0, 0.05) is 6.92 Å². The summed E-state index contributed by atoms with van der Waals surface area (Å²) in [6.45, 7) is 6.06. The van der Waals surface area contributed by atoms with Crippen LogP contribution < -0.4 is 5.32 Å². The molecular formula is C8H17NO2. The van der Waals surface area contributed by atoms with Gasteiger partial charge >= 0.3 is 5.97 Å². The van der Waals surface area contributed by atoms with Crippen molar-refractivity contribution in [2.24, 2.45) is 0 Å². The standard InChI is InChI=1S/C8H17NO2/c1-3-5-9-6-4-7-11-8(2)10/h9H,3-7H2,1-2H3. The van der Waals surface area contributed by atoms with E-state index in [1.165, 1.54) is 6.92 Å². The summed E-state index contributed by atoms with van der Waals surface area (Å²) < 4.78 is 4.74. The molecule has 0 radical (unpaired) electrons. The van der Waals surface area contributed by atoms with Crippen LogP contribution in [0.5, 0.6) is 0 Å². The van der Waals surface area contributed by atoms with Crippen molar-refractivity contribution in [3.63, 3.8) is 0 Å². The molecule has 0 saturated heterocycles. The fourth-order valence-electron chi connectivity index (χ4n) is 0.715. The minimum Gasteiger partial charge on any atom is -0.466 e. The second-order valence-electron chi connectivity index (χ2n) is 2.44. The molecule has 0 aliphatic rings. The molecule has 66 valence electrons. The first kappa shape index (κ1) is 10.4. The van der Waals surface area contributed by atoms with Gasteiger partial charge in [-0.15, -0.1) is 0 Å². The maximum atomic E-state index is 10.3. The van der Waals surface area contributed by atoms with Crippen LogP contribution >= 0.6 is 0 Å². The summed E-state index contributed by atoms with van der Waals surface area (Å²) in [6, 6.07) is 0. The number of carbonyl (C=O) groups excluding carboxylic acids is 1. The summed E-state index contributed by atoms with van der Waals surface area (Å²) in [5.41, 5.74) is 0. The van der Waals surface area contributed by atoms with Gasteiger partial charge in [-0.25, -0.2) is 0 Å². The van der Waals surface area contributed by atoms with Crippen LogP contribution in [0.4, 0.5) is 0 Å². The Balaban J connectivity index is 2.85. The summed E-state index contributed by atoms with van der Waals surface area (Å²) >= 11 is 0. The molecule has 0 spiro atoms. The smallest absolute Gasteiger partial charge is 0.302 e. The number of nitrogens with one attached hydrogen (secondary N) is 1. The first-order valence-electron chi connectivity index (χ1n) is 4.11. The van der Waals surface area contributed by atoms with E-state index in [1.807, 2.05) is 0 Å². The van der Waals surface area contributed by atoms with Crippen LogP contribution in [-0.2, 0) is 9.53 Å². The highest BCUT2D eigenvalue weighted by atomic mass is 16.5. The Morgan fingerprint density at radius 2 is 2.18 bits per heavy atom. The molecule has 0 aliphatic heterocycles. The van der Waals surface area contributed by atoms with E-state index in [9.17, 15) is 4.79 Å². The maximum absolute atomic E-state index is 10.3. The van der Waals surface area contributed by atoms with Gasteiger partial charge in [0.15, 0.2) is 0 Å². The zero-order valence-corrected chi connectivity index (χ0v) is 7.35. The van der Waals surface area contributed by atoms with Crippen molar-refractivity contribution in [3.8, 4) is 0 Å². The van der Waals surface area contributed by atoms with Gasteiger partial charge in [0.05, 0.1) is 6.61 Å². The fourth-order valence-corrected chi connectivity index (χ4v) is 0.715. The van der Waals surface area contributed by atoms with Crippen LogP contribution in [0.3, 0.4) is 0 Å². The van der Waals surface area contributed by atoms with Gasteiger partial charge in [-0.2, -0.15) is 0 Å². The lowest BCUT2D eigenvalue weighted by Crippen LogP contribution is -2.17. The van der Waals surface area contributed by atoms with Crippen molar-refractivity contribution in [2.45, 2.75) is 26.7 Å². The molecule has 11 heavy (non-hydrogen) atoms. The number of hydrogen-bond acceptors (Lipinski definition) is 3. The Morgan fingerprint density at radius 1 is 1.45 bits per heavy atom. The number of carbonyl (C=O) groups is 1. The monoisotopic (exact) mass is 159 g/mol. The molecule has 0 heterocycles. The number of hydrogen-bond donors (Lipinski definition) is 1. The second kappa shape index (κ2) is 7.54. The van der Waals surface area contributed by atoms with Crippen molar-refractivity contribution >= 4 is 5.97 Å². The Labute approximate surface area is 68.1 Å². The van der Waals surface area contributed by atoms with E-state index in [-0.39, 0.29) is 5.97 Å². The molecule has 1 N–H and O–H groups in total. The molecule has 0 atom stereocenters. The molecule has 0 fully saturated rings. The summed E-state index contributed by atoms with van der Waals surface area (Å²) in [5.74, 6) is -0.194. The van der Waals surface area contributed by atoms with E-state index in [1.54, 1.807) is 0 Å². The van der Waals surface area contributed by atoms with Crippen LogP contribution in [-0.4, -0.2) is 25.7 Å². The van der Waals surface area contributed by atoms with Crippen LogP contribution in [0, 0.1) is 0 Å². The molecule has 0 saturated carbocycles. The quantitative estimate of drug-likeness (QED) is 0.463. The van der Waals surface area contributed by atoms with E-state index < -0.39 is 0 Å². The average molecular weight is 159 g/mol. The van der Waals surface area contributed by atoms with Gasteiger partial charge in [0.25, 0.3) is 0 Å². The number of rotatable bonds is 6. The highest BCUT2D eigenvalue weighted by Crippen LogP contribution is 1.81. The molecule has 0 aromatic heterocycles. The lowest BCUT2D eigenvalue weighted by molar-refractivity contribution is -0.141. The first-order chi connectivity index (χ1) is 5.27. The van der Waals surface area contributed by atoms with Gasteiger partial charge in [-0.3, -0.25) is 4.79 Å². The average Bonchev–Trinajstić information content (AvgIpc) is 1.96. The van der Waals surface area contributed by atoms with Crippen molar-refractivity contribution in [1.82, 2.24) is 5.32 Å². The minimum atomic E-state index is -0.194. The van der Waals surface area contributed by atoms with Crippen LogP contribution in [0.15, 0.2) is 0 Å². The van der Waals surface area contributed by atoms with Gasteiger partial charge in [0.1, 0.15) is 0 Å². The predicted molar refractivity (Wildman–Crippen MR) is 44.4 cm³/mol. The minimum absolute atomic E-state index is 0.194. The summed E-state index contributed by atoms with van der Waals surface area (Å²) in [5, 5.41) is 3.22. The van der Waals surface area contributed by atoms with Crippen molar-refractivity contribution < 1.29 is 9.53 Å². The molecule has 0 aliphatic carbocycles. The highest BCUT2D eigenvalue weighted by molar-refractivity contribution is 5.65. The van der Waals surface area contributed by atoms with Gasteiger partial charge in [-0.1, -0.05) is 6.92 Å². The van der Waals surface area contributed by atoms with Crippen LogP contribution in [0.25, 0.3) is 0 Å². The lowest BCUT2D eigenvalue weighted by Gasteiger charge is -2.02. The third-order valence-corrected chi connectivity index (χ3v) is 1.23. The molecule has 0 amide bonds. The van der Waals surface area contributed by atoms with E-state index in [0.29, 0.717) is 6.61 Å². The number of ether oxygens (including phenoxy) is 1. The Kier molecular flexibility index (Phi) is 7.15. The topological polar surface area (TPSA) is 38.3 Å². The molecule has 0 rings (SSSR count). The summed E-state index contributed by atoms with van der Waals surface area (Å²) in [6.07, 6.45) is 2.05. The summed E-state index contributed by atoms with van der Waals surface area (Å²) in [4.78, 5) is 10.3. The third kappa shape index (κ3) is 9.43. The van der Waals surface area contributed by atoms with Crippen molar-refractivity contribution in [3.05, 3.63) is 0 Å². The van der Waals surface area contributed by atoms with Crippen LogP contribution in [0.2, 0.25) is 0 Å². The Morgan fingerprint density at radius 3 is 2.73 bits per heavy atom. The SMILES string of the molecule is CCCNCCCOC(C)=O. The first-order valence-corrected chi connectivity index (χ1v) is 4.11. The Bertz CT molecular complexity index is 104. The van der Waals surface area contributed by atoms with E-state index in [4.69, 9.17) is 4.74 Å². The fraction of sp³-hybridized carbons (Fsp3) is 0.875. The maximum Gasteiger partial charge on any atom is 0.302 e. The largest absolute Gasteiger partial charge is 0.466 e. The van der Waals surface area contributed by atoms with Crippen molar-refractivity contribution in [2.75, 3.05) is 19.7 Å². The zero-order chi connectivity index (χ0) is 8.53. The second-order valence-corrected chi connectivity index (χ2v) is 2.44. The summed E-state index contributed by atoms with van der Waals surface area (Å²) in [7, 11) is 0. The lowest BCUT2D eigenvalue weighted by atomic mass is 10.4. The van der Waals surface area contributed by atoms with Gasteiger partial charge < -0.3 is 10.1 Å². The molecule has 0 aromatic carbocycles. The van der Waals surface area contributed by atoms with Gasteiger partial charge in [0.2, 0.25) is 0 Å². The van der Waals surface area contributed by atoms with E-state index >= 15 is 0 Å². The van der Waals surface area contributed by atoms with Crippen LogP contribution in [0.1, 0.15) is 26.7 Å². The molecule has 0 bridgehead atoms. The van der Waals surface area contributed by atoms with E-state index in [2.05, 4.69) is 12.2 Å².